The van der Waals surface area contributed by atoms with Crippen molar-refractivity contribution in [2.75, 3.05) is 29.8 Å². The van der Waals surface area contributed by atoms with Crippen LogP contribution in [-0.2, 0) is 14.8 Å². The second kappa shape index (κ2) is 10.6. The third kappa shape index (κ3) is 5.75. The third-order valence-electron chi connectivity index (χ3n) is 4.78. The lowest BCUT2D eigenvalue weighted by atomic mass is 10.2. The zero-order valence-corrected chi connectivity index (χ0v) is 19.3. The molecule has 34 heavy (non-hydrogen) atoms. The molecule has 0 aromatic heterocycles. The number of amides is 1. The molecule has 0 radical (unpaired) electrons. The molecule has 3 aromatic rings. The third-order valence-corrected chi connectivity index (χ3v) is 6.55. The van der Waals surface area contributed by atoms with Crippen molar-refractivity contribution in [1.82, 2.24) is 5.43 Å². The summed E-state index contributed by atoms with van der Waals surface area (Å²) in [6, 6.07) is 20.1. The van der Waals surface area contributed by atoms with Crippen LogP contribution in [0.5, 0.6) is 0 Å². The summed E-state index contributed by atoms with van der Waals surface area (Å²) in [5.41, 5.74) is 3.33. The number of sulfonamides is 1. The van der Waals surface area contributed by atoms with Gasteiger partial charge in [-0.25, -0.2) is 18.1 Å². The molecule has 10 nitrogen and oxygen atoms in total. The first kappa shape index (κ1) is 24.4. The van der Waals surface area contributed by atoms with Crippen LogP contribution in [-0.4, -0.2) is 46.1 Å². The smallest absolute Gasteiger partial charge is 0.293 e. The zero-order valence-electron chi connectivity index (χ0n) is 18.5. The minimum Gasteiger partial charge on any atom is -0.378 e. The fraction of sp³-hybridized carbons (Fsp3) is 0.130. The minimum atomic E-state index is -4.28. The second-order valence-corrected chi connectivity index (χ2v) is 9.21. The van der Waals surface area contributed by atoms with Gasteiger partial charge in [-0.05, 0) is 35.9 Å². The Hall–Kier alpha value is -4.25. The number of para-hydroxylation sites is 2. The number of nitrogens with one attached hydrogen (secondary N) is 1. The minimum absolute atomic E-state index is 0.106. The predicted molar refractivity (Wildman–Crippen MR) is 131 cm³/mol. The van der Waals surface area contributed by atoms with E-state index in [-0.39, 0.29) is 10.6 Å². The first-order valence-corrected chi connectivity index (χ1v) is 11.5. The van der Waals surface area contributed by atoms with Gasteiger partial charge in [0.1, 0.15) is 12.2 Å². The number of hydrogen-bond acceptors (Lipinski definition) is 7. The van der Waals surface area contributed by atoms with E-state index < -0.39 is 33.1 Å². The van der Waals surface area contributed by atoms with Gasteiger partial charge in [-0.3, -0.25) is 14.9 Å². The largest absolute Gasteiger partial charge is 0.378 e. The van der Waals surface area contributed by atoms with Gasteiger partial charge < -0.3 is 4.90 Å². The molecule has 176 valence electrons. The van der Waals surface area contributed by atoms with Crippen LogP contribution in [0.25, 0.3) is 0 Å². The molecule has 3 rings (SSSR count). The Kier molecular flexibility index (Phi) is 7.59. The maximum Gasteiger partial charge on any atom is 0.293 e. The molecule has 0 saturated carbocycles. The van der Waals surface area contributed by atoms with Crippen molar-refractivity contribution in [2.45, 2.75) is 4.90 Å². The van der Waals surface area contributed by atoms with Crippen LogP contribution >= 0.6 is 0 Å². The summed E-state index contributed by atoms with van der Waals surface area (Å²) in [7, 11) is -0.459. The molecule has 3 aromatic carbocycles. The Balaban J connectivity index is 1.86. The lowest BCUT2D eigenvalue weighted by Gasteiger charge is -2.23. The molecular formula is C23H23N5O5S. The molecule has 0 atom stereocenters. The monoisotopic (exact) mass is 481 g/mol. The molecule has 0 heterocycles. The number of carbonyl (C=O) groups excluding carboxylic acids is 1. The fourth-order valence-corrected chi connectivity index (χ4v) is 4.51. The van der Waals surface area contributed by atoms with Gasteiger partial charge in [-0.15, -0.1) is 0 Å². The Morgan fingerprint density at radius 2 is 1.62 bits per heavy atom. The average Bonchev–Trinajstić information content (AvgIpc) is 2.83. The Morgan fingerprint density at radius 3 is 2.24 bits per heavy atom. The zero-order chi connectivity index (χ0) is 24.7. The van der Waals surface area contributed by atoms with E-state index in [0.717, 1.165) is 11.3 Å². The summed E-state index contributed by atoms with van der Waals surface area (Å²) >= 11 is 0. The highest BCUT2D eigenvalue weighted by Gasteiger charge is 2.31. The molecule has 0 unspecified atom stereocenters. The predicted octanol–water partition coefficient (Wildman–Crippen LogP) is 3.01. The van der Waals surface area contributed by atoms with E-state index in [1.807, 2.05) is 43.3 Å². The number of carbonyl (C=O) groups is 1. The highest BCUT2D eigenvalue weighted by atomic mass is 32.2. The molecular weight excluding hydrogens is 458 g/mol. The number of rotatable bonds is 9. The number of benzene rings is 3. The number of hydrogen-bond donors (Lipinski definition) is 1. The quantitative estimate of drug-likeness (QED) is 0.285. The van der Waals surface area contributed by atoms with E-state index in [1.165, 1.54) is 54.7 Å². The van der Waals surface area contributed by atoms with Crippen LogP contribution in [0.2, 0.25) is 0 Å². The van der Waals surface area contributed by atoms with E-state index in [4.69, 9.17) is 0 Å². The fourth-order valence-electron chi connectivity index (χ4n) is 3.05. The molecule has 0 spiro atoms. The van der Waals surface area contributed by atoms with E-state index in [2.05, 4.69) is 10.5 Å². The van der Waals surface area contributed by atoms with Crippen molar-refractivity contribution in [3.63, 3.8) is 0 Å². The number of nitro benzene ring substituents is 1. The summed E-state index contributed by atoms with van der Waals surface area (Å²) < 4.78 is 27.3. The standard InChI is InChI=1S/C23H23N5O5S/c1-26(2)19-14-12-18(13-15-19)16-24-25-23(29)17-27(21-10-6-7-11-22(21)28(30)31)34(32,33)20-8-4-3-5-9-20/h3-16H,17H2,1-2H3,(H,25,29)/b24-16-. The molecule has 0 aliphatic carbocycles. The molecule has 0 aliphatic heterocycles. The first-order valence-electron chi connectivity index (χ1n) is 10.1. The molecule has 11 heteroatoms. The lowest BCUT2D eigenvalue weighted by Crippen LogP contribution is -2.39. The average molecular weight is 482 g/mol. The number of hydrazone groups is 1. The van der Waals surface area contributed by atoms with Gasteiger partial charge in [0.2, 0.25) is 0 Å². The summed E-state index contributed by atoms with van der Waals surface area (Å²) in [5, 5.41) is 15.4. The van der Waals surface area contributed by atoms with Crippen LogP contribution < -0.4 is 14.6 Å². The van der Waals surface area contributed by atoms with Crippen molar-refractivity contribution in [2.24, 2.45) is 5.10 Å². The Morgan fingerprint density at radius 1 is 1.00 bits per heavy atom. The molecule has 0 fully saturated rings. The number of nitro groups is 1. The van der Waals surface area contributed by atoms with Crippen LogP contribution in [0.4, 0.5) is 17.1 Å². The molecule has 1 N–H and O–H groups in total. The van der Waals surface area contributed by atoms with E-state index >= 15 is 0 Å². The van der Waals surface area contributed by atoms with Crippen molar-refractivity contribution in [3.05, 3.63) is 94.5 Å². The maximum absolute atomic E-state index is 13.3. The van der Waals surface area contributed by atoms with Crippen molar-refractivity contribution < 1.29 is 18.1 Å². The van der Waals surface area contributed by atoms with Crippen LogP contribution in [0.1, 0.15) is 5.56 Å². The van der Waals surface area contributed by atoms with E-state index in [1.54, 1.807) is 6.07 Å². The topological polar surface area (TPSA) is 125 Å². The molecule has 0 aliphatic rings. The van der Waals surface area contributed by atoms with Crippen LogP contribution in [0, 0.1) is 10.1 Å². The number of nitrogens with zero attached hydrogens (tertiary/aromatic N) is 4. The lowest BCUT2D eigenvalue weighted by molar-refractivity contribution is -0.384. The van der Waals surface area contributed by atoms with Crippen LogP contribution in [0.3, 0.4) is 0 Å². The van der Waals surface area contributed by atoms with E-state index in [9.17, 15) is 23.3 Å². The molecule has 0 bridgehead atoms. The maximum atomic E-state index is 13.3. The van der Waals surface area contributed by atoms with Crippen molar-refractivity contribution in [1.29, 1.82) is 0 Å². The highest BCUT2D eigenvalue weighted by Crippen LogP contribution is 2.31. The first-order chi connectivity index (χ1) is 16.2. The normalized spacial score (nSPS) is 11.2. The summed E-state index contributed by atoms with van der Waals surface area (Å²) in [6.45, 7) is -0.709. The van der Waals surface area contributed by atoms with Gasteiger partial charge in [0.15, 0.2) is 0 Å². The van der Waals surface area contributed by atoms with E-state index in [0.29, 0.717) is 4.31 Å². The Bertz CT molecular complexity index is 1290. The van der Waals surface area contributed by atoms with Gasteiger partial charge in [0.05, 0.1) is 16.0 Å². The molecule has 1 amide bonds. The van der Waals surface area contributed by atoms with Gasteiger partial charge >= 0.3 is 0 Å². The van der Waals surface area contributed by atoms with Crippen molar-refractivity contribution >= 4 is 39.2 Å². The van der Waals surface area contributed by atoms with Gasteiger partial charge in [0, 0.05) is 25.8 Å². The Labute approximate surface area is 197 Å². The SMILES string of the molecule is CN(C)c1ccc(/C=N\NC(=O)CN(c2ccccc2[N+](=O)[O-])S(=O)(=O)c2ccccc2)cc1. The van der Waals surface area contributed by atoms with Crippen molar-refractivity contribution in [3.8, 4) is 0 Å². The second-order valence-electron chi connectivity index (χ2n) is 7.35. The summed E-state index contributed by atoms with van der Waals surface area (Å²) in [4.78, 5) is 25.3. The molecule has 0 saturated heterocycles. The number of anilines is 2. The van der Waals surface area contributed by atoms with Gasteiger partial charge in [0.25, 0.3) is 21.6 Å². The summed E-state index contributed by atoms with van der Waals surface area (Å²) in [5.74, 6) is -0.765. The highest BCUT2D eigenvalue weighted by molar-refractivity contribution is 7.92. The summed E-state index contributed by atoms with van der Waals surface area (Å²) in [6.07, 6.45) is 1.42. The van der Waals surface area contributed by atoms with Gasteiger partial charge in [-0.1, -0.05) is 42.5 Å². The van der Waals surface area contributed by atoms with Gasteiger partial charge in [-0.2, -0.15) is 5.10 Å². The van der Waals surface area contributed by atoms with Crippen LogP contribution in [0.15, 0.2) is 88.9 Å².